The number of aromatic hydroxyl groups is 1. The predicted molar refractivity (Wildman–Crippen MR) is 119 cm³/mol. The molecule has 166 valence electrons. The largest absolute Gasteiger partial charge is 0.504 e. The number of esters is 1. The fraction of sp³-hybridized carbons (Fsp3) is 0.154. The van der Waals surface area contributed by atoms with Crippen molar-refractivity contribution in [3.05, 3.63) is 82.6 Å². The lowest BCUT2D eigenvalue weighted by Gasteiger charge is -2.27. The first-order valence-electron chi connectivity index (χ1n) is 10.3. The normalized spacial score (nSPS) is 17.8. The van der Waals surface area contributed by atoms with Crippen LogP contribution < -0.4 is 18.9 Å². The minimum Gasteiger partial charge on any atom is -0.504 e. The molecule has 0 saturated heterocycles. The van der Waals surface area contributed by atoms with Crippen LogP contribution in [0.1, 0.15) is 39.4 Å². The summed E-state index contributed by atoms with van der Waals surface area (Å²) in [6.45, 7) is 0. The molecule has 3 aromatic carbocycles. The topological polar surface area (TPSA) is 91.3 Å². The Morgan fingerprint density at radius 1 is 0.970 bits per heavy atom. The Balaban J connectivity index is 1.60. The maximum absolute atomic E-state index is 13.1. The molecular weight excluding hydrogens is 424 g/mol. The maximum atomic E-state index is 13.1. The SMILES string of the molecule is COc1ccc(/C=C2\Oc3c(ccc4c3[C@H](c3ccccc3OC)CC(=O)O4)C2=O)cc1O. The number of phenolic OH excluding ortho intramolecular Hbond substituents is 1. The number of ketones is 1. The van der Waals surface area contributed by atoms with Crippen molar-refractivity contribution in [3.8, 4) is 28.7 Å². The number of hydrogen-bond donors (Lipinski definition) is 1. The average molecular weight is 444 g/mol. The highest BCUT2D eigenvalue weighted by Crippen LogP contribution is 2.50. The van der Waals surface area contributed by atoms with E-state index in [0.29, 0.717) is 39.7 Å². The summed E-state index contributed by atoms with van der Waals surface area (Å²) in [6, 6.07) is 15.5. The van der Waals surface area contributed by atoms with Gasteiger partial charge in [0.1, 0.15) is 17.2 Å². The lowest BCUT2D eigenvalue weighted by Crippen LogP contribution is -2.22. The summed E-state index contributed by atoms with van der Waals surface area (Å²) >= 11 is 0. The Morgan fingerprint density at radius 2 is 1.76 bits per heavy atom. The highest BCUT2D eigenvalue weighted by molar-refractivity contribution is 6.15. The van der Waals surface area contributed by atoms with E-state index in [0.717, 1.165) is 5.56 Å². The Hall–Kier alpha value is -4.26. The zero-order valence-corrected chi connectivity index (χ0v) is 18.0. The van der Waals surface area contributed by atoms with Crippen molar-refractivity contribution in [2.75, 3.05) is 14.2 Å². The molecular formula is C26H20O7. The van der Waals surface area contributed by atoms with Crippen LogP contribution in [0.3, 0.4) is 0 Å². The molecule has 33 heavy (non-hydrogen) atoms. The fourth-order valence-corrected chi connectivity index (χ4v) is 4.27. The van der Waals surface area contributed by atoms with Crippen LogP contribution in [0.5, 0.6) is 28.7 Å². The first kappa shape index (κ1) is 20.6. The van der Waals surface area contributed by atoms with Crippen molar-refractivity contribution in [2.45, 2.75) is 12.3 Å². The standard InChI is InChI=1S/C26H20O7/c1-30-19-6-4-3-5-15(19)17-13-23(28)32-21-10-8-16-25(29)22(33-26(16)24(17)21)12-14-7-9-20(31-2)18(27)11-14/h3-12,17,27H,13H2,1-2H3/b22-12-/t17-/m0/s1. The van der Waals surface area contributed by atoms with Gasteiger partial charge in [-0.2, -0.15) is 0 Å². The Kier molecular flexibility index (Phi) is 5.01. The van der Waals surface area contributed by atoms with Crippen LogP contribution in [-0.2, 0) is 4.79 Å². The van der Waals surface area contributed by atoms with Crippen LogP contribution in [0, 0.1) is 0 Å². The van der Waals surface area contributed by atoms with E-state index in [-0.39, 0.29) is 29.7 Å². The minimum atomic E-state index is -0.399. The zero-order chi connectivity index (χ0) is 23.1. The van der Waals surface area contributed by atoms with Crippen LogP contribution >= 0.6 is 0 Å². The van der Waals surface area contributed by atoms with E-state index in [9.17, 15) is 14.7 Å². The molecule has 7 nitrogen and oxygen atoms in total. The van der Waals surface area contributed by atoms with Gasteiger partial charge in [0.05, 0.1) is 26.2 Å². The van der Waals surface area contributed by atoms with E-state index >= 15 is 0 Å². The summed E-state index contributed by atoms with van der Waals surface area (Å²) in [6.07, 6.45) is 1.65. The summed E-state index contributed by atoms with van der Waals surface area (Å²) in [5.74, 6) is 0.690. The van der Waals surface area contributed by atoms with E-state index in [2.05, 4.69) is 0 Å². The lowest BCUT2D eigenvalue weighted by molar-refractivity contribution is -0.135. The summed E-state index contributed by atoms with van der Waals surface area (Å²) in [4.78, 5) is 25.5. The van der Waals surface area contributed by atoms with Crippen LogP contribution in [0.15, 0.2) is 60.4 Å². The molecule has 0 amide bonds. The van der Waals surface area contributed by atoms with Gasteiger partial charge in [-0.05, 0) is 42.0 Å². The first-order chi connectivity index (χ1) is 16.0. The number of hydrogen-bond acceptors (Lipinski definition) is 7. The number of allylic oxidation sites excluding steroid dienone is 1. The molecule has 0 fully saturated rings. The molecule has 0 spiro atoms. The molecule has 2 aliphatic rings. The number of carbonyl (C=O) groups is 2. The third-order valence-electron chi connectivity index (χ3n) is 5.79. The van der Waals surface area contributed by atoms with Gasteiger partial charge >= 0.3 is 5.97 Å². The van der Waals surface area contributed by atoms with Crippen LogP contribution in [0.2, 0.25) is 0 Å². The molecule has 0 aliphatic carbocycles. The first-order valence-corrected chi connectivity index (χ1v) is 10.3. The molecule has 0 aromatic heterocycles. The number of methoxy groups -OCH3 is 2. The number of ether oxygens (including phenoxy) is 4. The van der Waals surface area contributed by atoms with Gasteiger partial charge in [-0.1, -0.05) is 24.3 Å². The molecule has 2 aliphatic heterocycles. The molecule has 3 aromatic rings. The highest BCUT2D eigenvalue weighted by atomic mass is 16.5. The second-order valence-corrected chi connectivity index (χ2v) is 7.70. The van der Waals surface area contributed by atoms with Gasteiger partial charge in [0.25, 0.3) is 0 Å². The number of para-hydroxylation sites is 1. The second kappa shape index (κ2) is 8.02. The quantitative estimate of drug-likeness (QED) is 0.361. The molecule has 1 atom stereocenters. The Morgan fingerprint density at radius 3 is 2.52 bits per heavy atom. The van der Waals surface area contributed by atoms with Crippen molar-refractivity contribution in [1.29, 1.82) is 0 Å². The number of rotatable bonds is 4. The Labute approximate surface area is 189 Å². The van der Waals surface area contributed by atoms with Crippen molar-refractivity contribution in [1.82, 2.24) is 0 Å². The third kappa shape index (κ3) is 3.47. The van der Waals surface area contributed by atoms with E-state index in [1.807, 2.05) is 24.3 Å². The molecule has 7 heteroatoms. The molecule has 5 rings (SSSR count). The maximum Gasteiger partial charge on any atom is 0.312 e. The van der Waals surface area contributed by atoms with Crippen molar-refractivity contribution >= 4 is 17.8 Å². The fourth-order valence-electron chi connectivity index (χ4n) is 4.27. The monoisotopic (exact) mass is 444 g/mol. The van der Waals surface area contributed by atoms with Crippen LogP contribution in [0.25, 0.3) is 6.08 Å². The highest BCUT2D eigenvalue weighted by Gasteiger charge is 2.39. The molecule has 0 unspecified atom stereocenters. The van der Waals surface area contributed by atoms with Gasteiger partial charge in [0.15, 0.2) is 17.3 Å². The predicted octanol–water partition coefficient (Wildman–Crippen LogP) is 4.47. The molecule has 0 radical (unpaired) electrons. The van der Waals surface area contributed by atoms with Crippen LogP contribution in [-0.4, -0.2) is 31.1 Å². The lowest BCUT2D eigenvalue weighted by atomic mass is 9.84. The van der Waals surface area contributed by atoms with Gasteiger partial charge in [-0.25, -0.2) is 0 Å². The van der Waals surface area contributed by atoms with Crippen molar-refractivity contribution < 1.29 is 33.6 Å². The summed E-state index contributed by atoms with van der Waals surface area (Å²) < 4.78 is 22.1. The zero-order valence-electron chi connectivity index (χ0n) is 18.0. The third-order valence-corrected chi connectivity index (χ3v) is 5.79. The average Bonchev–Trinajstić information content (AvgIpc) is 3.13. The van der Waals surface area contributed by atoms with E-state index < -0.39 is 5.92 Å². The van der Waals surface area contributed by atoms with Crippen molar-refractivity contribution in [2.24, 2.45) is 0 Å². The van der Waals surface area contributed by atoms with Gasteiger partial charge < -0.3 is 24.1 Å². The number of carbonyl (C=O) groups excluding carboxylic acids is 2. The number of phenols is 1. The van der Waals surface area contributed by atoms with Gasteiger partial charge in [-0.15, -0.1) is 0 Å². The summed E-state index contributed by atoms with van der Waals surface area (Å²) in [5, 5.41) is 10.1. The number of fused-ring (bicyclic) bond motifs is 3. The second-order valence-electron chi connectivity index (χ2n) is 7.70. The molecule has 0 saturated carbocycles. The molecule has 2 heterocycles. The van der Waals surface area contributed by atoms with Gasteiger partial charge in [0.2, 0.25) is 5.78 Å². The van der Waals surface area contributed by atoms with E-state index in [1.54, 1.807) is 37.5 Å². The van der Waals surface area contributed by atoms with E-state index in [4.69, 9.17) is 18.9 Å². The summed E-state index contributed by atoms with van der Waals surface area (Å²) in [7, 11) is 3.03. The molecule has 0 bridgehead atoms. The number of benzene rings is 3. The summed E-state index contributed by atoms with van der Waals surface area (Å²) in [5.41, 5.74) is 2.40. The van der Waals surface area contributed by atoms with Gasteiger partial charge in [0, 0.05) is 17.0 Å². The van der Waals surface area contributed by atoms with Crippen LogP contribution in [0.4, 0.5) is 0 Å². The van der Waals surface area contributed by atoms with E-state index in [1.165, 1.54) is 13.2 Å². The molecule has 1 N–H and O–H groups in total. The number of Topliss-reactive ketones (excluding diaryl/α,β-unsaturated/α-hetero) is 1. The smallest absolute Gasteiger partial charge is 0.312 e. The van der Waals surface area contributed by atoms with Crippen molar-refractivity contribution in [3.63, 3.8) is 0 Å². The minimum absolute atomic E-state index is 0.0460. The Bertz CT molecular complexity index is 1320. The van der Waals surface area contributed by atoms with Gasteiger partial charge in [-0.3, -0.25) is 9.59 Å².